The van der Waals surface area contributed by atoms with E-state index in [9.17, 15) is 9.59 Å². The molecule has 0 heterocycles. The summed E-state index contributed by atoms with van der Waals surface area (Å²) in [6.07, 6.45) is 13.7. The Morgan fingerprint density at radius 2 is 1.26 bits per heavy atom. The van der Waals surface area contributed by atoms with Gasteiger partial charge in [-0.15, -0.1) is 0 Å². The molecule has 0 bridgehead atoms. The number of hydrogen-bond donors (Lipinski definition) is 1. The molecule has 0 aromatic carbocycles. The Bertz CT molecular complexity index is 288. The largest absolute Gasteiger partial charge is 0.481 e. The Balaban J connectivity index is 4.03. The van der Waals surface area contributed by atoms with E-state index in [1.54, 1.807) is 0 Å². The molecule has 136 valence electrons. The molecular formula is C19H36O4. The van der Waals surface area contributed by atoms with Crippen LogP contribution in [0.15, 0.2) is 0 Å². The first-order valence-corrected chi connectivity index (χ1v) is 9.51. The summed E-state index contributed by atoms with van der Waals surface area (Å²) in [5, 5.41) is 8.64. The molecule has 4 heteroatoms. The van der Waals surface area contributed by atoms with Crippen molar-refractivity contribution in [3.8, 4) is 0 Å². The maximum atomic E-state index is 11.7. The van der Waals surface area contributed by atoms with Crippen molar-refractivity contribution in [2.45, 2.75) is 110 Å². The van der Waals surface area contributed by atoms with Crippen LogP contribution in [0.5, 0.6) is 0 Å². The van der Waals surface area contributed by atoms with Crippen molar-refractivity contribution in [2.24, 2.45) is 0 Å². The number of unbranched alkanes of at least 4 members (excludes halogenated alkanes) is 8. The molecule has 0 saturated carbocycles. The predicted octanol–water partition coefficient (Wildman–Crippen LogP) is 5.48. The number of aliphatic carboxylic acids is 1. The van der Waals surface area contributed by atoms with Gasteiger partial charge in [0.25, 0.3) is 0 Å². The van der Waals surface area contributed by atoms with Crippen molar-refractivity contribution < 1.29 is 19.4 Å². The molecule has 0 amide bonds. The van der Waals surface area contributed by atoms with Crippen LogP contribution in [0.1, 0.15) is 104 Å². The van der Waals surface area contributed by atoms with Gasteiger partial charge in [0.05, 0.1) is 12.8 Å². The number of rotatable bonds is 16. The van der Waals surface area contributed by atoms with Crippen molar-refractivity contribution in [3.63, 3.8) is 0 Å². The van der Waals surface area contributed by atoms with Crippen LogP contribution in [0.2, 0.25) is 0 Å². The number of carbonyl (C=O) groups excluding carboxylic acids is 1. The molecule has 0 radical (unpaired) electrons. The highest BCUT2D eigenvalue weighted by atomic mass is 16.5. The third kappa shape index (κ3) is 15.6. The van der Waals surface area contributed by atoms with Crippen LogP contribution >= 0.6 is 0 Å². The van der Waals surface area contributed by atoms with Crippen molar-refractivity contribution in [2.75, 3.05) is 0 Å². The van der Waals surface area contributed by atoms with Gasteiger partial charge in [-0.2, -0.15) is 0 Å². The molecule has 0 aliphatic heterocycles. The van der Waals surface area contributed by atoms with Gasteiger partial charge in [0.1, 0.15) is 6.10 Å². The van der Waals surface area contributed by atoms with E-state index in [1.807, 2.05) is 0 Å². The van der Waals surface area contributed by atoms with Gasteiger partial charge in [-0.25, -0.2) is 0 Å². The predicted molar refractivity (Wildman–Crippen MR) is 93.5 cm³/mol. The molecule has 0 rings (SSSR count). The zero-order chi connectivity index (χ0) is 17.3. The van der Waals surface area contributed by atoms with E-state index in [1.165, 1.54) is 51.4 Å². The second-order valence-electron chi connectivity index (χ2n) is 6.41. The van der Waals surface area contributed by atoms with Gasteiger partial charge in [-0.3, -0.25) is 9.59 Å². The minimum atomic E-state index is -0.947. The number of carboxylic acids is 1. The van der Waals surface area contributed by atoms with Crippen molar-refractivity contribution in [1.82, 2.24) is 0 Å². The molecule has 4 nitrogen and oxygen atoms in total. The lowest BCUT2D eigenvalue weighted by Crippen LogP contribution is -2.19. The van der Waals surface area contributed by atoms with Crippen molar-refractivity contribution in [1.29, 1.82) is 0 Å². The normalized spacial score (nSPS) is 10.9. The maximum absolute atomic E-state index is 11.7. The smallest absolute Gasteiger partial charge is 0.306 e. The molecular weight excluding hydrogens is 292 g/mol. The summed E-state index contributed by atoms with van der Waals surface area (Å²) in [5.74, 6) is -1.31. The number of esters is 1. The molecule has 0 saturated heterocycles. The first kappa shape index (κ1) is 21.9. The summed E-state index contributed by atoms with van der Waals surface area (Å²) in [6.45, 7) is 4.40. The Morgan fingerprint density at radius 3 is 1.70 bits per heavy atom. The Kier molecular flexibility index (Phi) is 15.1. The molecule has 0 spiro atoms. The zero-order valence-electron chi connectivity index (χ0n) is 15.1. The first-order chi connectivity index (χ1) is 11.1. The molecule has 0 aliphatic carbocycles. The van der Waals surface area contributed by atoms with Crippen LogP contribution in [-0.2, 0) is 14.3 Å². The van der Waals surface area contributed by atoms with Gasteiger partial charge in [-0.05, 0) is 25.7 Å². The summed E-state index contributed by atoms with van der Waals surface area (Å²) in [4.78, 5) is 22.3. The molecule has 0 aromatic rings. The van der Waals surface area contributed by atoms with E-state index < -0.39 is 5.97 Å². The molecule has 0 aliphatic rings. The third-order valence-electron chi connectivity index (χ3n) is 4.10. The van der Waals surface area contributed by atoms with E-state index in [-0.39, 0.29) is 24.9 Å². The van der Waals surface area contributed by atoms with Crippen LogP contribution in [0.3, 0.4) is 0 Å². The molecule has 1 N–H and O–H groups in total. The molecule has 23 heavy (non-hydrogen) atoms. The minimum absolute atomic E-state index is 0.0164. The lowest BCUT2D eigenvalue weighted by Gasteiger charge is -2.18. The number of carboxylic acid groups (broad SMARTS) is 1. The van der Waals surface area contributed by atoms with E-state index in [2.05, 4.69) is 13.8 Å². The summed E-state index contributed by atoms with van der Waals surface area (Å²) >= 11 is 0. The van der Waals surface area contributed by atoms with Crippen molar-refractivity contribution >= 4 is 11.9 Å². The van der Waals surface area contributed by atoms with Gasteiger partial charge in [0.15, 0.2) is 0 Å². The van der Waals surface area contributed by atoms with E-state index in [0.29, 0.717) is 0 Å². The zero-order valence-corrected chi connectivity index (χ0v) is 15.1. The second-order valence-corrected chi connectivity index (χ2v) is 6.41. The average molecular weight is 328 g/mol. The second kappa shape index (κ2) is 15.8. The van der Waals surface area contributed by atoms with Crippen LogP contribution in [0.4, 0.5) is 0 Å². The van der Waals surface area contributed by atoms with E-state index >= 15 is 0 Å². The van der Waals surface area contributed by atoms with Crippen LogP contribution in [0, 0.1) is 0 Å². The fourth-order valence-electron chi connectivity index (χ4n) is 2.67. The molecule has 0 aromatic heterocycles. The minimum Gasteiger partial charge on any atom is -0.481 e. The lowest BCUT2D eigenvalue weighted by atomic mass is 10.0. The van der Waals surface area contributed by atoms with Gasteiger partial charge in [-0.1, -0.05) is 65.2 Å². The van der Waals surface area contributed by atoms with Gasteiger partial charge < -0.3 is 9.84 Å². The fraction of sp³-hybridized carbons (Fsp3) is 0.895. The van der Waals surface area contributed by atoms with Gasteiger partial charge >= 0.3 is 11.9 Å². The SMILES string of the molecule is CCCCCCCC(CCCCCCC)OC(=O)CCC(=O)O. The third-order valence-corrected chi connectivity index (χ3v) is 4.10. The van der Waals surface area contributed by atoms with Gasteiger partial charge in [0, 0.05) is 0 Å². The number of hydrogen-bond acceptors (Lipinski definition) is 3. The summed E-state index contributed by atoms with van der Waals surface area (Å²) in [7, 11) is 0. The van der Waals surface area contributed by atoms with Crippen LogP contribution in [0.25, 0.3) is 0 Å². The monoisotopic (exact) mass is 328 g/mol. The molecule has 0 unspecified atom stereocenters. The van der Waals surface area contributed by atoms with Crippen LogP contribution < -0.4 is 0 Å². The lowest BCUT2D eigenvalue weighted by molar-refractivity contribution is -0.152. The highest BCUT2D eigenvalue weighted by Gasteiger charge is 2.15. The standard InChI is InChI=1S/C19H36O4/c1-3-5-7-9-11-13-17(14-12-10-8-6-4-2)23-19(22)16-15-18(20)21/h17H,3-16H2,1-2H3,(H,20,21). The quantitative estimate of drug-likeness (QED) is 0.301. The summed E-state index contributed by atoms with van der Waals surface area (Å²) in [5.41, 5.74) is 0. The van der Waals surface area contributed by atoms with E-state index in [4.69, 9.17) is 9.84 Å². The maximum Gasteiger partial charge on any atom is 0.306 e. The summed E-state index contributed by atoms with van der Waals surface area (Å²) in [6, 6.07) is 0. The number of carbonyl (C=O) groups is 2. The van der Waals surface area contributed by atoms with Crippen LogP contribution in [-0.4, -0.2) is 23.1 Å². The molecule has 0 atom stereocenters. The van der Waals surface area contributed by atoms with E-state index in [0.717, 1.165) is 25.7 Å². The first-order valence-electron chi connectivity index (χ1n) is 9.51. The van der Waals surface area contributed by atoms with Crippen molar-refractivity contribution in [3.05, 3.63) is 0 Å². The highest BCUT2D eigenvalue weighted by Crippen LogP contribution is 2.17. The fourth-order valence-corrected chi connectivity index (χ4v) is 2.67. The summed E-state index contributed by atoms with van der Waals surface area (Å²) < 4.78 is 5.51. The highest BCUT2D eigenvalue weighted by molar-refractivity contribution is 5.76. The average Bonchev–Trinajstić information content (AvgIpc) is 2.52. The topological polar surface area (TPSA) is 63.6 Å². The Hall–Kier alpha value is -1.06. The number of ether oxygens (including phenoxy) is 1. The van der Waals surface area contributed by atoms with Gasteiger partial charge in [0.2, 0.25) is 0 Å². The molecule has 0 fully saturated rings. The Labute approximate surface area is 142 Å². The Morgan fingerprint density at radius 1 is 0.783 bits per heavy atom.